The Labute approximate surface area is 140 Å². The lowest BCUT2D eigenvalue weighted by atomic mass is 9.76. The Morgan fingerprint density at radius 2 is 2.00 bits per heavy atom. The minimum Gasteiger partial charge on any atom is -0.481 e. The second-order valence-corrected chi connectivity index (χ2v) is 6.09. The van der Waals surface area contributed by atoms with Crippen LogP contribution in [-0.2, 0) is 16.1 Å². The number of carbonyl (C=O) groups excluding carboxylic acids is 1. The van der Waals surface area contributed by atoms with Crippen LogP contribution in [0.5, 0.6) is 0 Å². The number of hydrogen-bond donors (Lipinski definition) is 3. The standard InChI is InChI=1S/C17H22N2O5/c1-3-11(8-14(20)21)17(4-2,16(23)24)19-9-10-7-12(18)5-6-13(10)15(19)22/h5-7,11H,3-4,8-9,18H2,1-2H3,(H,20,21)(H,23,24). The quantitative estimate of drug-likeness (QED) is 0.655. The maximum Gasteiger partial charge on any atom is 0.329 e. The van der Waals surface area contributed by atoms with Crippen LogP contribution in [0.25, 0.3) is 0 Å². The summed E-state index contributed by atoms with van der Waals surface area (Å²) in [7, 11) is 0. The number of anilines is 1. The van der Waals surface area contributed by atoms with Crippen LogP contribution < -0.4 is 5.73 Å². The number of aliphatic carboxylic acids is 2. The number of nitrogens with zero attached hydrogens (tertiary/aromatic N) is 1. The predicted octanol–water partition coefficient (Wildman–Crippen LogP) is 1.96. The van der Waals surface area contributed by atoms with Gasteiger partial charge >= 0.3 is 11.9 Å². The van der Waals surface area contributed by atoms with E-state index in [1.165, 1.54) is 4.90 Å². The fraction of sp³-hybridized carbons (Fsp3) is 0.471. The summed E-state index contributed by atoms with van der Waals surface area (Å²) >= 11 is 0. The van der Waals surface area contributed by atoms with Gasteiger partial charge in [-0.25, -0.2) is 4.79 Å². The number of carboxylic acids is 2. The molecule has 2 unspecified atom stereocenters. The molecule has 2 atom stereocenters. The average molecular weight is 334 g/mol. The van der Waals surface area contributed by atoms with Crippen LogP contribution in [0.3, 0.4) is 0 Å². The zero-order valence-electron chi connectivity index (χ0n) is 13.8. The first kappa shape index (κ1) is 17.8. The van der Waals surface area contributed by atoms with Crippen molar-refractivity contribution in [2.24, 2.45) is 5.92 Å². The molecule has 0 saturated carbocycles. The summed E-state index contributed by atoms with van der Waals surface area (Å²) in [5.74, 6) is -3.33. The summed E-state index contributed by atoms with van der Waals surface area (Å²) in [6.07, 6.45) is 0.164. The Bertz CT molecular complexity index is 688. The lowest BCUT2D eigenvalue weighted by Gasteiger charge is -2.42. The molecule has 0 aromatic heterocycles. The fourth-order valence-corrected chi connectivity index (χ4v) is 3.67. The molecule has 1 aromatic carbocycles. The number of nitrogen functional groups attached to an aromatic ring is 1. The molecule has 0 radical (unpaired) electrons. The number of rotatable bonds is 7. The third-order valence-electron chi connectivity index (χ3n) is 4.91. The van der Waals surface area contributed by atoms with Crippen LogP contribution in [-0.4, -0.2) is 38.5 Å². The van der Waals surface area contributed by atoms with Gasteiger partial charge in [-0.05, 0) is 36.6 Å². The van der Waals surface area contributed by atoms with E-state index in [4.69, 9.17) is 10.8 Å². The molecular weight excluding hydrogens is 312 g/mol. The highest BCUT2D eigenvalue weighted by molar-refractivity contribution is 6.02. The Morgan fingerprint density at radius 1 is 1.33 bits per heavy atom. The lowest BCUT2D eigenvalue weighted by Crippen LogP contribution is -2.59. The van der Waals surface area contributed by atoms with E-state index in [2.05, 4.69) is 0 Å². The summed E-state index contributed by atoms with van der Waals surface area (Å²) in [5.41, 5.74) is 5.79. The van der Waals surface area contributed by atoms with Gasteiger partial charge in [0, 0.05) is 23.7 Å². The van der Waals surface area contributed by atoms with Crippen LogP contribution in [0.15, 0.2) is 18.2 Å². The summed E-state index contributed by atoms with van der Waals surface area (Å²) in [6, 6.07) is 4.85. The first-order valence-electron chi connectivity index (χ1n) is 7.93. The van der Waals surface area contributed by atoms with Gasteiger partial charge in [0.25, 0.3) is 5.91 Å². The molecule has 0 fully saturated rings. The van der Waals surface area contributed by atoms with Crippen molar-refractivity contribution in [3.05, 3.63) is 29.3 Å². The summed E-state index contributed by atoms with van der Waals surface area (Å²) in [5, 5.41) is 19.1. The highest BCUT2D eigenvalue weighted by Gasteiger charge is 2.53. The van der Waals surface area contributed by atoms with E-state index >= 15 is 0 Å². The van der Waals surface area contributed by atoms with Crippen LogP contribution >= 0.6 is 0 Å². The van der Waals surface area contributed by atoms with Gasteiger partial charge in [-0.15, -0.1) is 0 Å². The van der Waals surface area contributed by atoms with Crippen molar-refractivity contribution in [2.75, 3.05) is 5.73 Å². The number of nitrogens with two attached hydrogens (primary N) is 1. The summed E-state index contributed by atoms with van der Waals surface area (Å²) < 4.78 is 0. The van der Waals surface area contributed by atoms with E-state index < -0.39 is 29.3 Å². The van der Waals surface area contributed by atoms with E-state index in [1.807, 2.05) is 0 Å². The van der Waals surface area contributed by atoms with Crippen molar-refractivity contribution < 1.29 is 24.6 Å². The van der Waals surface area contributed by atoms with Gasteiger partial charge in [0.05, 0.1) is 6.42 Å². The Kier molecular flexibility index (Phi) is 4.82. The monoisotopic (exact) mass is 334 g/mol. The zero-order valence-corrected chi connectivity index (χ0v) is 13.8. The summed E-state index contributed by atoms with van der Waals surface area (Å²) in [6.45, 7) is 3.53. The number of hydrogen-bond acceptors (Lipinski definition) is 4. The molecule has 1 aliphatic rings. The van der Waals surface area contributed by atoms with Gasteiger partial charge in [-0.1, -0.05) is 13.8 Å². The molecule has 1 amide bonds. The third kappa shape index (κ3) is 2.70. The topological polar surface area (TPSA) is 121 Å². The van der Waals surface area contributed by atoms with Crippen molar-refractivity contribution in [1.29, 1.82) is 0 Å². The van der Waals surface area contributed by atoms with E-state index in [0.29, 0.717) is 23.2 Å². The number of benzene rings is 1. The molecular formula is C17H22N2O5. The van der Waals surface area contributed by atoms with E-state index in [9.17, 15) is 19.5 Å². The van der Waals surface area contributed by atoms with Crippen molar-refractivity contribution in [3.8, 4) is 0 Å². The molecule has 24 heavy (non-hydrogen) atoms. The SMILES string of the molecule is CCC(CC(=O)O)C(CC)(C(=O)O)N1Cc2cc(N)ccc2C1=O. The molecule has 1 heterocycles. The Balaban J connectivity index is 2.52. The smallest absolute Gasteiger partial charge is 0.329 e. The molecule has 0 bridgehead atoms. The first-order valence-corrected chi connectivity index (χ1v) is 7.93. The van der Waals surface area contributed by atoms with Gasteiger partial charge in [0.1, 0.15) is 5.54 Å². The molecule has 7 heteroatoms. The van der Waals surface area contributed by atoms with Crippen molar-refractivity contribution >= 4 is 23.5 Å². The van der Waals surface area contributed by atoms with E-state index in [-0.39, 0.29) is 19.4 Å². The van der Waals surface area contributed by atoms with Crippen LogP contribution in [0.4, 0.5) is 5.69 Å². The highest BCUT2D eigenvalue weighted by atomic mass is 16.4. The van der Waals surface area contributed by atoms with Crippen molar-refractivity contribution in [2.45, 2.75) is 45.2 Å². The molecule has 7 nitrogen and oxygen atoms in total. The molecule has 2 rings (SSSR count). The Morgan fingerprint density at radius 3 is 2.50 bits per heavy atom. The molecule has 4 N–H and O–H groups in total. The van der Waals surface area contributed by atoms with E-state index in [1.54, 1.807) is 32.0 Å². The molecule has 1 aliphatic heterocycles. The van der Waals surface area contributed by atoms with Crippen molar-refractivity contribution in [3.63, 3.8) is 0 Å². The number of fused-ring (bicyclic) bond motifs is 1. The zero-order chi connectivity index (χ0) is 18.1. The molecule has 1 aromatic rings. The Hall–Kier alpha value is -2.57. The minimum atomic E-state index is -1.56. The van der Waals surface area contributed by atoms with Gasteiger partial charge < -0.3 is 20.8 Å². The van der Waals surface area contributed by atoms with Crippen molar-refractivity contribution in [1.82, 2.24) is 4.90 Å². The minimum absolute atomic E-state index is 0.121. The van der Waals surface area contributed by atoms with Gasteiger partial charge in [-0.2, -0.15) is 0 Å². The average Bonchev–Trinajstić information content (AvgIpc) is 2.83. The van der Waals surface area contributed by atoms with Gasteiger partial charge in [0.15, 0.2) is 0 Å². The normalized spacial score (nSPS) is 17.2. The summed E-state index contributed by atoms with van der Waals surface area (Å²) in [4.78, 5) is 37.5. The lowest BCUT2D eigenvalue weighted by molar-refractivity contribution is -0.156. The molecule has 130 valence electrons. The van der Waals surface area contributed by atoms with Gasteiger partial charge in [-0.3, -0.25) is 9.59 Å². The highest BCUT2D eigenvalue weighted by Crippen LogP contribution is 2.40. The fourth-order valence-electron chi connectivity index (χ4n) is 3.67. The second-order valence-electron chi connectivity index (χ2n) is 6.09. The van der Waals surface area contributed by atoms with Crippen LogP contribution in [0.1, 0.15) is 49.0 Å². The largest absolute Gasteiger partial charge is 0.481 e. The first-order chi connectivity index (χ1) is 11.3. The number of carbonyl (C=O) groups is 3. The van der Waals surface area contributed by atoms with Crippen LogP contribution in [0.2, 0.25) is 0 Å². The molecule has 0 saturated heterocycles. The van der Waals surface area contributed by atoms with Gasteiger partial charge in [0.2, 0.25) is 0 Å². The second kappa shape index (κ2) is 6.51. The third-order valence-corrected chi connectivity index (χ3v) is 4.91. The van der Waals surface area contributed by atoms with E-state index in [0.717, 1.165) is 0 Å². The predicted molar refractivity (Wildman–Crippen MR) is 87.4 cm³/mol. The molecule has 0 aliphatic carbocycles. The molecule has 0 spiro atoms. The number of amides is 1. The maximum absolute atomic E-state index is 12.8. The number of carboxylic acid groups (broad SMARTS) is 2. The van der Waals surface area contributed by atoms with Crippen LogP contribution in [0, 0.1) is 5.92 Å². The maximum atomic E-state index is 12.8.